The zero-order valence-corrected chi connectivity index (χ0v) is 14.0. The Hall–Kier alpha value is -0.490. The fraction of sp³-hybridized carbons (Fsp3) is 0.571. The minimum atomic E-state index is -0.511. The van der Waals surface area contributed by atoms with Crippen molar-refractivity contribution in [3.8, 4) is 11.5 Å². The second-order valence-electron chi connectivity index (χ2n) is 4.94. The highest BCUT2D eigenvalue weighted by Gasteiger charge is 2.32. The molecular weight excluding hydrogens is 346 g/mol. The molecule has 0 amide bonds. The Morgan fingerprint density at radius 1 is 1.25 bits per heavy atom. The van der Waals surface area contributed by atoms with Crippen LogP contribution in [0.3, 0.4) is 0 Å². The van der Waals surface area contributed by atoms with Crippen LogP contribution >= 0.6 is 28.3 Å². The van der Waals surface area contributed by atoms with E-state index in [2.05, 4.69) is 15.9 Å². The van der Waals surface area contributed by atoms with Crippen LogP contribution < -0.4 is 15.2 Å². The number of methoxy groups -OCH3 is 2. The van der Waals surface area contributed by atoms with Crippen molar-refractivity contribution in [1.82, 2.24) is 0 Å². The Balaban J connectivity index is 0.00000200. The van der Waals surface area contributed by atoms with Crippen molar-refractivity contribution < 1.29 is 14.6 Å². The largest absolute Gasteiger partial charge is 0.493 e. The second-order valence-corrected chi connectivity index (χ2v) is 5.79. The molecule has 6 heteroatoms. The van der Waals surface area contributed by atoms with Gasteiger partial charge in [-0.05, 0) is 36.5 Å². The first-order valence-electron chi connectivity index (χ1n) is 6.43. The van der Waals surface area contributed by atoms with Gasteiger partial charge in [-0.15, -0.1) is 12.4 Å². The molecule has 0 aromatic heterocycles. The summed E-state index contributed by atoms with van der Waals surface area (Å²) < 4.78 is 11.3. The molecule has 0 bridgehead atoms. The van der Waals surface area contributed by atoms with E-state index >= 15 is 0 Å². The molecule has 1 aromatic rings. The van der Waals surface area contributed by atoms with E-state index in [-0.39, 0.29) is 12.4 Å². The van der Waals surface area contributed by atoms with E-state index < -0.39 is 12.1 Å². The van der Waals surface area contributed by atoms with Gasteiger partial charge in [0.2, 0.25) is 0 Å². The van der Waals surface area contributed by atoms with Crippen molar-refractivity contribution in [2.45, 2.75) is 31.4 Å². The Morgan fingerprint density at radius 3 is 2.25 bits per heavy atom. The first kappa shape index (κ1) is 17.6. The molecule has 0 saturated heterocycles. The molecule has 1 fully saturated rings. The van der Waals surface area contributed by atoms with Gasteiger partial charge in [-0.2, -0.15) is 0 Å². The Kier molecular flexibility index (Phi) is 6.58. The molecule has 0 spiro atoms. The summed E-state index contributed by atoms with van der Waals surface area (Å²) in [5.74, 6) is 1.58. The summed E-state index contributed by atoms with van der Waals surface area (Å²) in [5.41, 5.74) is 7.03. The van der Waals surface area contributed by atoms with Gasteiger partial charge < -0.3 is 20.3 Å². The third kappa shape index (κ3) is 3.39. The smallest absolute Gasteiger partial charge is 0.161 e. The first-order chi connectivity index (χ1) is 9.08. The van der Waals surface area contributed by atoms with Crippen molar-refractivity contribution in [3.63, 3.8) is 0 Å². The lowest BCUT2D eigenvalue weighted by atomic mass is 9.77. The molecule has 114 valence electrons. The SMILES string of the molecule is COc1cc(Br)c([C@@H](N)[C@@H](O)C2CCC2)cc1OC.Cl. The fourth-order valence-corrected chi connectivity index (χ4v) is 2.97. The summed E-state index contributed by atoms with van der Waals surface area (Å²) in [6, 6.07) is 3.23. The van der Waals surface area contributed by atoms with Crippen LogP contribution in [0.2, 0.25) is 0 Å². The lowest BCUT2D eigenvalue weighted by Gasteiger charge is -2.34. The minimum absolute atomic E-state index is 0. The number of hydrogen-bond donors (Lipinski definition) is 2. The highest BCUT2D eigenvalue weighted by atomic mass is 79.9. The third-order valence-electron chi connectivity index (χ3n) is 3.86. The van der Waals surface area contributed by atoms with Crippen molar-refractivity contribution in [2.24, 2.45) is 11.7 Å². The standard InChI is InChI=1S/C14H20BrNO3.ClH/c1-18-11-6-9(10(15)7-12(11)19-2)13(16)14(17)8-4-3-5-8;/h6-8,13-14,17H,3-5,16H2,1-2H3;1H/t13-,14+;/m1./s1. The van der Waals surface area contributed by atoms with Crippen LogP contribution in [0.25, 0.3) is 0 Å². The first-order valence-corrected chi connectivity index (χ1v) is 7.22. The molecule has 2 atom stereocenters. The van der Waals surface area contributed by atoms with Gasteiger partial charge in [0.05, 0.1) is 26.4 Å². The van der Waals surface area contributed by atoms with Gasteiger partial charge in [0, 0.05) is 4.47 Å². The summed E-state index contributed by atoms with van der Waals surface area (Å²) in [5, 5.41) is 10.3. The number of aliphatic hydroxyl groups excluding tert-OH is 1. The topological polar surface area (TPSA) is 64.7 Å². The molecule has 1 saturated carbocycles. The zero-order valence-electron chi connectivity index (χ0n) is 11.6. The highest BCUT2D eigenvalue weighted by molar-refractivity contribution is 9.10. The molecule has 0 aliphatic heterocycles. The lowest BCUT2D eigenvalue weighted by molar-refractivity contribution is 0.0411. The summed E-state index contributed by atoms with van der Waals surface area (Å²) in [6.07, 6.45) is 2.78. The van der Waals surface area contributed by atoms with E-state index in [0.717, 1.165) is 22.9 Å². The lowest BCUT2D eigenvalue weighted by Crippen LogP contribution is -2.36. The quantitative estimate of drug-likeness (QED) is 0.840. The molecule has 3 N–H and O–H groups in total. The van der Waals surface area contributed by atoms with Gasteiger partial charge in [0.1, 0.15) is 0 Å². The molecular formula is C14H21BrClNO3. The van der Waals surface area contributed by atoms with Gasteiger partial charge in [0.15, 0.2) is 11.5 Å². The summed E-state index contributed by atoms with van der Waals surface area (Å²) in [7, 11) is 3.18. The third-order valence-corrected chi connectivity index (χ3v) is 4.55. The molecule has 4 nitrogen and oxygen atoms in total. The summed E-state index contributed by atoms with van der Waals surface area (Å²) >= 11 is 3.48. The van der Waals surface area contributed by atoms with E-state index in [1.165, 1.54) is 6.42 Å². The maximum atomic E-state index is 10.3. The number of nitrogens with two attached hydrogens (primary N) is 1. The average Bonchev–Trinajstić information content (AvgIpc) is 2.35. The Labute approximate surface area is 134 Å². The van der Waals surface area contributed by atoms with Gasteiger partial charge in [-0.1, -0.05) is 22.4 Å². The van der Waals surface area contributed by atoms with E-state index in [0.29, 0.717) is 17.4 Å². The van der Waals surface area contributed by atoms with E-state index in [9.17, 15) is 5.11 Å². The fourth-order valence-electron chi connectivity index (χ4n) is 2.38. The van der Waals surface area contributed by atoms with Crippen molar-refractivity contribution in [2.75, 3.05) is 14.2 Å². The molecule has 20 heavy (non-hydrogen) atoms. The average molecular weight is 367 g/mol. The molecule has 1 aliphatic carbocycles. The maximum Gasteiger partial charge on any atom is 0.161 e. The zero-order chi connectivity index (χ0) is 14.0. The predicted octanol–water partition coefficient (Wildman–Crippen LogP) is 3.05. The number of aliphatic hydroxyl groups is 1. The monoisotopic (exact) mass is 365 g/mol. The van der Waals surface area contributed by atoms with Crippen LogP contribution in [0.5, 0.6) is 11.5 Å². The van der Waals surface area contributed by atoms with Gasteiger partial charge in [-0.25, -0.2) is 0 Å². The second kappa shape index (κ2) is 7.50. The van der Waals surface area contributed by atoms with Crippen molar-refractivity contribution in [1.29, 1.82) is 0 Å². The predicted molar refractivity (Wildman–Crippen MR) is 84.8 cm³/mol. The van der Waals surface area contributed by atoms with E-state index in [1.807, 2.05) is 12.1 Å². The maximum absolute atomic E-state index is 10.3. The van der Waals surface area contributed by atoms with E-state index in [1.54, 1.807) is 14.2 Å². The number of halogens is 2. The Morgan fingerprint density at radius 2 is 1.80 bits per heavy atom. The van der Waals surface area contributed by atoms with Crippen LogP contribution in [-0.4, -0.2) is 25.4 Å². The summed E-state index contributed by atoms with van der Waals surface area (Å²) in [4.78, 5) is 0. The van der Waals surface area contributed by atoms with Crippen LogP contribution in [0.1, 0.15) is 30.9 Å². The number of ether oxygens (including phenoxy) is 2. The van der Waals surface area contributed by atoms with Crippen molar-refractivity contribution >= 4 is 28.3 Å². The van der Waals surface area contributed by atoms with E-state index in [4.69, 9.17) is 15.2 Å². The molecule has 1 aliphatic rings. The van der Waals surface area contributed by atoms with Crippen LogP contribution in [0.4, 0.5) is 0 Å². The minimum Gasteiger partial charge on any atom is -0.493 e. The normalized spacial score (nSPS) is 17.6. The van der Waals surface area contributed by atoms with Crippen LogP contribution in [-0.2, 0) is 0 Å². The molecule has 0 radical (unpaired) electrons. The van der Waals surface area contributed by atoms with Crippen LogP contribution in [0, 0.1) is 5.92 Å². The van der Waals surface area contributed by atoms with Gasteiger partial charge in [0.25, 0.3) is 0 Å². The number of rotatable bonds is 5. The molecule has 2 rings (SSSR count). The number of benzene rings is 1. The summed E-state index contributed by atoms with van der Waals surface area (Å²) in [6.45, 7) is 0. The van der Waals surface area contributed by atoms with Crippen LogP contribution in [0.15, 0.2) is 16.6 Å². The molecule has 1 aromatic carbocycles. The van der Waals surface area contributed by atoms with Crippen molar-refractivity contribution in [3.05, 3.63) is 22.2 Å². The van der Waals surface area contributed by atoms with Gasteiger partial charge >= 0.3 is 0 Å². The number of hydrogen-bond acceptors (Lipinski definition) is 4. The Bertz CT molecular complexity index is 454. The highest BCUT2D eigenvalue weighted by Crippen LogP contribution is 2.39. The van der Waals surface area contributed by atoms with Gasteiger partial charge in [-0.3, -0.25) is 0 Å². The molecule has 0 unspecified atom stereocenters. The molecule has 0 heterocycles.